The van der Waals surface area contributed by atoms with Gasteiger partial charge in [-0.25, -0.2) is 9.59 Å². The van der Waals surface area contributed by atoms with Gasteiger partial charge in [-0.1, -0.05) is 6.07 Å². The van der Waals surface area contributed by atoms with E-state index < -0.39 is 23.7 Å². The molecule has 1 aliphatic rings. The molecule has 8 nitrogen and oxygen atoms in total. The van der Waals surface area contributed by atoms with E-state index in [1.165, 1.54) is 4.90 Å². The Kier molecular flexibility index (Phi) is 7.22. The molecule has 1 aliphatic heterocycles. The molecule has 0 bridgehead atoms. The summed E-state index contributed by atoms with van der Waals surface area (Å²) in [6, 6.07) is 6.60. The number of carbonyl (C=O) groups is 2. The molecule has 0 saturated heterocycles. The average Bonchev–Trinajstić information content (AvgIpc) is 2.76. The van der Waals surface area contributed by atoms with Crippen LogP contribution >= 0.6 is 0 Å². The van der Waals surface area contributed by atoms with Crippen molar-refractivity contribution < 1.29 is 28.5 Å². The van der Waals surface area contributed by atoms with Crippen LogP contribution in [0.15, 0.2) is 36.7 Å². The number of hydrogen-bond acceptors (Lipinski definition) is 7. The van der Waals surface area contributed by atoms with Gasteiger partial charge in [-0.2, -0.15) is 0 Å². The van der Waals surface area contributed by atoms with Gasteiger partial charge in [0.25, 0.3) is 0 Å². The monoisotopic (exact) mass is 442 g/mol. The molecule has 3 rings (SSSR count). The fraction of sp³-hybridized carbons (Fsp3) is 0.458. The molecule has 0 aliphatic carbocycles. The van der Waals surface area contributed by atoms with Crippen LogP contribution < -0.4 is 9.47 Å². The SMILES string of the molecule is CCOC(=O)C1Cc2c(ccc(OC)c2OCc2ccncc2)CN1C(=O)OC(C)(C)C. The molecule has 0 saturated carbocycles. The second-order valence-corrected chi connectivity index (χ2v) is 8.46. The first-order chi connectivity index (χ1) is 15.2. The number of esters is 1. The van der Waals surface area contributed by atoms with Crippen LogP contribution in [0.1, 0.15) is 44.4 Å². The molecule has 2 aromatic rings. The van der Waals surface area contributed by atoms with Gasteiger partial charge >= 0.3 is 12.1 Å². The molecule has 32 heavy (non-hydrogen) atoms. The van der Waals surface area contributed by atoms with Gasteiger partial charge in [-0.15, -0.1) is 0 Å². The average molecular weight is 443 g/mol. The molecule has 8 heteroatoms. The van der Waals surface area contributed by atoms with Crippen molar-refractivity contribution in [2.45, 2.75) is 58.9 Å². The lowest BCUT2D eigenvalue weighted by Crippen LogP contribution is -2.50. The summed E-state index contributed by atoms with van der Waals surface area (Å²) in [4.78, 5) is 31.1. The minimum absolute atomic E-state index is 0.198. The summed E-state index contributed by atoms with van der Waals surface area (Å²) in [5, 5.41) is 0. The van der Waals surface area contributed by atoms with Gasteiger partial charge in [0.05, 0.1) is 20.3 Å². The van der Waals surface area contributed by atoms with Crippen LogP contribution in [0, 0.1) is 0 Å². The van der Waals surface area contributed by atoms with Crippen LogP contribution in [0.4, 0.5) is 4.79 Å². The maximum Gasteiger partial charge on any atom is 0.411 e. The first-order valence-electron chi connectivity index (χ1n) is 10.6. The van der Waals surface area contributed by atoms with Crippen LogP contribution in [0.2, 0.25) is 0 Å². The number of amides is 1. The van der Waals surface area contributed by atoms with E-state index in [-0.39, 0.29) is 19.6 Å². The van der Waals surface area contributed by atoms with E-state index >= 15 is 0 Å². The lowest BCUT2D eigenvalue weighted by atomic mass is 9.92. The molecule has 0 spiro atoms. The maximum atomic E-state index is 12.9. The molecule has 1 atom stereocenters. The zero-order valence-corrected chi connectivity index (χ0v) is 19.2. The molecule has 2 heterocycles. The lowest BCUT2D eigenvalue weighted by Gasteiger charge is -2.37. The number of carbonyl (C=O) groups excluding carboxylic acids is 2. The summed E-state index contributed by atoms with van der Waals surface area (Å²) in [5.41, 5.74) is 1.95. The van der Waals surface area contributed by atoms with Crippen LogP contribution in [-0.2, 0) is 33.8 Å². The number of hydrogen-bond donors (Lipinski definition) is 0. The standard InChI is InChI=1S/C24H30N2O6/c1-6-30-22(27)19-13-18-17(14-26(19)23(28)32-24(2,3)4)7-8-20(29-5)21(18)31-15-16-9-11-25-12-10-16/h7-12,19H,6,13-15H2,1-5H3. The number of fused-ring (bicyclic) bond motifs is 1. The number of rotatable bonds is 6. The largest absolute Gasteiger partial charge is 0.493 e. The van der Waals surface area contributed by atoms with Gasteiger partial charge in [0.2, 0.25) is 0 Å². The van der Waals surface area contributed by atoms with Crippen molar-refractivity contribution in [1.29, 1.82) is 0 Å². The van der Waals surface area contributed by atoms with E-state index in [1.54, 1.807) is 53.3 Å². The highest BCUT2D eigenvalue weighted by atomic mass is 16.6. The molecular weight excluding hydrogens is 412 g/mol. The fourth-order valence-corrected chi connectivity index (χ4v) is 3.53. The molecule has 172 valence electrons. The third kappa shape index (κ3) is 5.49. The predicted octanol–water partition coefficient (Wildman–Crippen LogP) is 3.89. The van der Waals surface area contributed by atoms with Crippen molar-refractivity contribution in [2.24, 2.45) is 0 Å². The zero-order valence-electron chi connectivity index (χ0n) is 19.2. The molecule has 1 unspecified atom stereocenters. The van der Waals surface area contributed by atoms with E-state index in [0.29, 0.717) is 18.1 Å². The van der Waals surface area contributed by atoms with E-state index in [1.807, 2.05) is 18.2 Å². The summed E-state index contributed by atoms with van der Waals surface area (Å²) in [7, 11) is 1.57. The summed E-state index contributed by atoms with van der Waals surface area (Å²) in [6.07, 6.45) is 3.07. The molecule has 1 amide bonds. The van der Waals surface area contributed by atoms with Crippen LogP contribution in [0.25, 0.3) is 0 Å². The van der Waals surface area contributed by atoms with E-state index in [0.717, 1.165) is 16.7 Å². The van der Waals surface area contributed by atoms with Crippen LogP contribution in [0.3, 0.4) is 0 Å². The van der Waals surface area contributed by atoms with Gasteiger partial charge in [-0.05, 0) is 57.0 Å². The number of nitrogens with zero attached hydrogens (tertiary/aromatic N) is 2. The number of ether oxygens (including phenoxy) is 4. The highest BCUT2D eigenvalue weighted by Gasteiger charge is 2.39. The second kappa shape index (κ2) is 9.89. The van der Waals surface area contributed by atoms with Crippen LogP contribution in [-0.4, -0.2) is 47.3 Å². The Labute approximate surface area is 188 Å². The Morgan fingerprint density at radius 1 is 1.16 bits per heavy atom. The van der Waals surface area contributed by atoms with Gasteiger partial charge in [-0.3, -0.25) is 9.88 Å². The normalized spacial score (nSPS) is 15.5. The van der Waals surface area contributed by atoms with Crippen molar-refractivity contribution >= 4 is 12.1 Å². The van der Waals surface area contributed by atoms with Crippen molar-refractivity contribution in [3.05, 3.63) is 53.3 Å². The minimum Gasteiger partial charge on any atom is -0.493 e. The Hall–Kier alpha value is -3.29. The second-order valence-electron chi connectivity index (χ2n) is 8.46. The predicted molar refractivity (Wildman–Crippen MR) is 117 cm³/mol. The smallest absolute Gasteiger partial charge is 0.411 e. The van der Waals surface area contributed by atoms with Crippen LogP contribution in [0.5, 0.6) is 11.5 Å². The lowest BCUT2D eigenvalue weighted by molar-refractivity contribution is -0.150. The molecule has 1 aromatic heterocycles. The van der Waals surface area contributed by atoms with Gasteiger partial charge in [0.1, 0.15) is 18.2 Å². The summed E-state index contributed by atoms with van der Waals surface area (Å²) >= 11 is 0. The Bertz CT molecular complexity index is 955. The molecule has 1 aromatic carbocycles. The van der Waals surface area contributed by atoms with Crippen molar-refractivity contribution in [3.63, 3.8) is 0 Å². The molecule has 0 radical (unpaired) electrons. The van der Waals surface area contributed by atoms with Crippen molar-refractivity contribution in [3.8, 4) is 11.5 Å². The Morgan fingerprint density at radius 3 is 2.50 bits per heavy atom. The number of methoxy groups -OCH3 is 1. The number of aromatic nitrogens is 1. The fourth-order valence-electron chi connectivity index (χ4n) is 3.53. The maximum absolute atomic E-state index is 12.9. The number of pyridine rings is 1. The highest BCUT2D eigenvalue weighted by Crippen LogP contribution is 2.39. The summed E-state index contributed by atoms with van der Waals surface area (Å²) in [6.45, 7) is 7.83. The van der Waals surface area contributed by atoms with Crippen molar-refractivity contribution in [2.75, 3.05) is 13.7 Å². The van der Waals surface area contributed by atoms with Gasteiger partial charge < -0.3 is 18.9 Å². The van der Waals surface area contributed by atoms with E-state index in [9.17, 15) is 9.59 Å². The first-order valence-corrected chi connectivity index (χ1v) is 10.6. The Morgan fingerprint density at radius 2 is 1.88 bits per heavy atom. The number of benzene rings is 1. The third-order valence-corrected chi connectivity index (χ3v) is 4.97. The molecule has 0 fully saturated rings. The quantitative estimate of drug-likeness (QED) is 0.627. The Balaban J connectivity index is 1.95. The molecule has 0 N–H and O–H groups in total. The van der Waals surface area contributed by atoms with Gasteiger partial charge in [0.15, 0.2) is 11.5 Å². The topological polar surface area (TPSA) is 87.2 Å². The minimum atomic E-state index is -0.826. The summed E-state index contributed by atoms with van der Waals surface area (Å²) < 4.78 is 22.5. The zero-order chi connectivity index (χ0) is 23.3. The first kappa shape index (κ1) is 23.4. The van der Waals surface area contributed by atoms with Crippen molar-refractivity contribution in [1.82, 2.24) is 9.88 Å². The summed E-state index contributed by atoms with van der Waals surface area (Å²) in [5.74, 6) is 0.637. The van der Waals surface area contributed by atoms with E-state index in [4.69, 9.17) is 18.9 Å². The van der Waals surface area contributed by atoms with E-state index in [2.05, 4.69) is 4.98 Å². The highest BCUT2D eigenvalue weighted by molar-refractivity contribution is 5.83. The third-order valence-electron chi connectivity index (χ3n) is 4.97. The van der Waals surface area contributed by atoms with Gasteiger partial charge in [0, 0.05) is 24.4 Å². The molecular formula is C24H30N2O6.